The molecule has 2 aromatic heterocycles. The first-order chi connectivity index (χ1) is 7.33. The fourth-order valence-electron chi connectivity index (χ4n) is 1.34. The van der Waals surface area contributed by atoms with Gasteiger partial charge in [0.25, 0.3) is 0 Å². The van der Waals surface area contributed by atoms with Crippen LogP contribution in [0.3, 0.4) is 0 Å². The van der Waals surface area contributed by atoms with Crippen molar-refractivity contribution in [3.05, 3.63) is 23.7 Å². The summed E-state index contributed by atoms with van der Waals surface area (Å²) in [6, 6.07) is 6.04. The molecule has 0 radical (unpaired) electrons. The lowest BCUT2D eigenvalue weighted by molar-refractivity contribution is 1.10. The molecule has 3 rings (SSSR count). The zero-order valence-corrected chi connectivity index (χ0v) is 9.18. The number of rotatable bonds is 1. The van der Waals surface area contributed by atoms with Crippen LogP contribution in [0.4, 0.5) is 5.13 Å². The molecule has 0 spiro atoms. The van der Waals surface area contributed by atoms with Crippen LogP contribution in [0.5, 0.6) is 0 Å². The highest BCUT2D eigenvalue weighted by atomic mass is 32.1. The van der Waals surface area contributed by atoms with Gasteiger partial charge in [-0.05, 0) is 18.2 Å². The van der Waals surface area contributed by atoms with E-state index in [1.54, 1.807) is 11.3 Å². The quantitative estimate of drug-likeness (QED) is 0.702. The molecule has 6 heteroatoms. The van der Waals surface area contributed by atoms with E-state index in [2.05, 4.69) is 21.2 Å². The van der Waals surface area contributed by atoms with E-state index in [1.807, 2.05) is 17.6 Å². The van der Waals surface area contributed by atoms with Crippen LogP contribution in [0.25, 0.3) is 20.8 Å². The molecule has 2 N–H and O–H groups in total. The van der Waals surface area contributed by atoms with Gasteiger partial charge in [-0.1, -0.05) is 11.3 Å². The molecule has 74 valence electrons. The smallest absolute Gasteiger partial charge is 0.203 e. The van der Waals surface area contributed by atoms with Crippen molar-refractivity contribution in [2.75, 3.05) is 5.73 Å². The summed E-state index contributed by atoms with van der Waals surface area (Å²) in [5.74, 6) is 0. The maximum Gasteiger partial charge on any atom is 0.203 e. The Bertz CT molecular complexity index is 613. The van der Waals surface area contributed by atoms with Crippen molar-refractivity contribution in [3.8, 4) is 10.6 Å². The van der Waals surface area contributed by atoms with Crippen molar-refractivity contribution in [2.45, 2.75) is 0 Å². The van der Waals surface area contributed by atoms with E-state index in [0.717, 1.165) is 20.8 Å². The number of hydrogen-bond donors (Lipinski definition) is 1. The first kappa shape index (κ1) is 8.75. The fraction of sp³-hybridized carbons (Fsp3) is 0. The van der Waals surface area contributed by atoms with Gasteiger partial charge in [0.2, 0.25) is 5.13 Å². The summed E-state index contributed by atoms with van der Waals surface area (Å²) in [5, 5.41) is 9.14. The zero-order valence-electron chi connectivity index (χ0n) is 7.54. The van der Waals surface area contributed by atoms with E-state index in [-0.39, 0.29) is 0 Å². The Balaban J connectivity index is 2.18. The monoisotopic (exact) mass is 234 g/mol. The number of benzene rings is 1. The molecule has 4 nitrogen and oxygen atoms in total. The van der Waals surface area contributed by atoms with Gasteiger partial charge >= 0.3 is 0 Å². The molecular formula is C9H6N4S2. The predicted molar refractivity (Wildman–Crippen MR) is 62.9 cm³/mol. The SMILES string of the molecule is Nc1nnc(-c2ccc3ncsc3c2)s1. The molecule has 0 saturated heterocycles. The second-order valence-electron chi connectivity index (χ2n) is 2.98. The van der Waals surface area contributed by atoms with Crippen LogP contribution in [-0.4, -0.2) is 15.2 Å². The average molecular weight is 234 g/mol. The van der Waals surface area contributed by atoms with Crippen molar-refractivity contribution in [3.63, 3.8) is 0 Å². The molecule has 0 bridgehead atoms. The van der Waals surface area contributed by atoms with Crippen LogP contribution in [0.15, 0.2) is 23.7 Å². The maximum absolute atomic E-state index is 5.54. The molecule has 0 amide bonds. The molecular weight excluding hydrogens is 228 g/mol. The molecule has 3 aromatic rings. The normalized spacial score (nSPS) is 10.9. The number of fused-ring (bicyclic) bond motifs is 1. The minimum Gasteiger partial charge on any atom is -0.374 e. The Morgan fingerprint density at radius 1 is 1.20 bits per heavy atom. The van der Waals surface area contributed by atoms with Gasteiger partial charge in [-0.25, -0.2) is 4.98 Å². The Morgan fingerprint density at radius 3 is 2.93 bits per heavy atom. The Hall–Kier alpha value is -1.53. The molecule has 0 aliphatic heterocycles. The number of anilines is 1. The molecule has 0 unspecified atom stereocenters. The number of thiazole rings is 1. The van der Waals surface area contributed by atoms with Crippen molar-refractivity contribution in [1.29, 1.82) is 0 Å². The lowest BCUT2D eigenvalue weighted by atomic mass is 10.2. The highest BCUT2D eigenvalue weighted by molar-refractivity contribution is 7.18. The van der Waals surface area contributed by atoms with E-state index in [0.29, 0.717) is 5.13 Å². The average Bonchev–Trinajstić information content (AvgIpc) is 2.84. The van der Waals surface area contributed by atoms with Gasteiger partial charge in [0.15, 0.2) is 0 Å². The molecule has 0 aliphatic rings. The summed E-state index contributed by atoms with van der Waals surface area (Å²) in [6.45, 7) is 0. The van der Waals surface area contributed by atoms with Crippen LogP contribution in [0.1, 0.15) is 0 Å². The van der Waals surface area contributed by atoms with E-state index in [9.17, 15) is 0 Å². The van der Waals surface area contributed by atoms with Crippen molar-refractivity contribution >= 4 is 38.0 Å². The fourth-order valence-corrected chi connectivity index (χ4v) is 2.66. The van der Waals surface area contributed by atoms with Crippen molar-refractivity contribution < 1.29 is 0 Å². The minimum absolute atomic E-state index is 0.495. The Morgan fingerprint density at radius 2 is 2.13 bits per heavy atom. The standard InChI is InChI=1S/C9H6N4S2/c10-9-13-12-8(15-9)5-1-2-6-7(3-5)14-4-11-6/h1-4H,(H2,10,13). The summed E-state index contributed by atoms with van der Waals surface area (Å²) in [7, 11) is 0. The highest BCUT2D eigenvalue weighted by Gasteiger charge is 2.05. The third-order valence-electron chi connectivity index (χ3n) is 2.02. The Kier molecular flexibility index (Phi) is 1.90. The summed E-state index contributed by atoms with van der Waals surface area (Å²) in [6.07, 6.45) is 0. The number of nitrogens with zero attached hydrogens (tertiary/aromatic N) is 3. The second-order valence-corrected chi connectivity index (χ2v) is 4.88. The minimum atomic E-state index is 0.495. The topological polar surface area (TPSA) is 64.7 Å². The molecule has 15 heavy (non-hydrogen) atoms. The third kappa shape index (κ3) is 1.47. The van der Waals surface area contributed by atoms with Crippen LogP contribution in [-0.2, 0) is 0 Å². The van der Waals surface area contributed by atoms with Crippen molar-refractivity contribution in [2.24, 2.45) is 0 Å². The number of nitrogen functional groups attached to an aromatic ring is 1. The summed E-state index contributed by atoms with van der Waals surface area (Å²) >= 11 is 3.01. The molecule has 0 atom stereocenters. The third-order valence-corrected chi connectivity index (χ3v) is 3.61. The molecule has 0 fully saturated rings. The van der Waals surface area contributed by atoms with E-state index in [1.165, 1.54) is 11.3 Å². The van der Waals surface area contributed by atoms with Gasteiger partial charge in [-0.3, -0.25) is 0 Å². The van der Waals surface area contributed by atoms with Crippen molar-refractivity contribution in [1.82, 2.24) is 15.2 Å². The van der Waals surface area contributed by atoms with Crippen LogP contribution >= 0.6 is 22.7 Å². The number of hydrogen-bond acceptors (Lipinski definition) is 6. The zero-order chi connectivity index (χ0) is 10.3. The van der Waals surface area contributed by atoms with Gasteiger partial charge in [-0.2, -0.15) is 0 Å². The Labute approximate surface area is 93.4 Å². The van der Waals surface area contributed by atoms with Gasteiger partial charge < -0.3 is 5.73 Å². The lowest BCUT2D eigenvalue weighted by Gasteiger charge is -1.93. The molecule has 1 aromatic carbocycles. The van der Waals surface area contributed by atoms with Crippen LogP contribution in [0.2, 0.25) is 0 Å². The van der Waals surface area contributed by atoms with Gasteiger partial charge in [0, 0.05) is 5.56 Å². The second kappa shape index (κ2) is 3.25. The first-order valence-corrected chi connectivity index (χ1v) is 5.95. The first-order valence-electron chi connectivity index (χ1n) is 4.25. The summed E-state index contributed by atoms with van der Waals surface area (Å²) in [4.78, 5) is 4.22. The van der Waals surface area contributed by atoms with E-state index >= 15 is 0 Å². The summed E-state index contributed by atoms with van der Waals surface area (Å²) < 4.78 is 1.15. The molecule has 0 saturated carbocycles. The van der Waals surface area contributed by atoms with Crippen LogP contribution in [0, 0.1) is 0 Å². The van der Waals surface area contributed by atoms with Gasteiger partial charge in [0.05, 0.1) is 15.7 Å². The number of aromatic nitrogens is 3. The predicted octanol–water partition coefficient (Wildman–Crippen LogP) is 2.40. The molecule has 0 aliphatic carbocycles. The van der Waals surface area contributed by atoms with E-state index < -0.39 is 0 Å². The summed E-state index contributed by atoms with van der Waals surface area (Å²) in [5.41, 5.74) is 9.44. The van der Waals surface area contributed by atoms with E-state index in [4.69, 9.17) is 5.73 Å². The highest BCUT2D eigenvalue weighted by Crippen LogP contribution is 2.28. The van der Waals surface area contributed by atoms with Gasteiger partial charge in [-0.15, -0.1) is 21.5 Å². The lowest BCUT2D eigenvalue weighted by Crippen LogP contribution is -1.80. The largest absolute Gasteiger partial charge is 0.374 e. The maximum atomic E-state index is 5.54. The van der Waals surface area contributed by atoms with Crippen LogP contribution < -0.4 is 5.73 Å². The molecule has 2 heterocycles. The van der Waals surface area contributed by atoms with Gasteiger partial charge in [0.1, 0.15) is 5.01 Å². The number of nitrogens with two attached hydrogens (primary N) is 1.